The number of alkyl halides is 3. The maximum atomic E-state index is 13.0. The largest absolute Gasteiger partial charge is 0.479 e. The van der Waals surface area contributed by atoms with Crippen molar-refractivity contribution in [3.63, 3.8) is 0 Å². The topological polar surface area (TPSA) is 188 Å². The lowest BCUT2D eigenvalue weighted by Gasteiger charge is -2.49. The van der Waals surface area contributed by atoms with E-state index in [9.17, 15) is 42.3 Å². The van der Waals surface area contributed by atoms with E-state index in [1.54, 1.807) is 0 Å². The number of aliphatic carboxylic acids is 2. The van der Waals surface area contributed by atoms with E-state index < -0.39 is 64.7 Å². The highest BCUT2D eigenvalue weighted by Gasteiger charge is 2.54. The molecule has 19 heteroatoms. The summed E-state index contributed by atoms with van der Waals surface area (Å²) in [5.74, 6) is -6.40. The minimum atomic E-state index is -5.20. The summed E-state index contributed by atoms with van der Waals surface area (Å²) in [7, 11) is 0. The number of rotatable bonds is 11. The zero-order valence-electron chi connectivity index (χ0n) is 18.7. The molecule has 38 heavy (non-hydrogen) atoms. The first kappa shape index (κ1) is 29.0. The first-order valence-corrected chi connectivity index (χ1v) is 13.0. The molecule has 1 unspecified atom stereocenters. The first-order valence-electron chi connectivity index (χ1n) is 10.0. The van der Waals surface area contributed by atoms with Gasteiger partial charge in [-0.15, -0.1) is 34.9 Å². The highest BCUT2D eigenvalue weighted by atomic mass is 32.2. The van der Waals surface area contributed by atoms with Gasteiger partial charge in [-0.2, -0.15) is 13.2 Å². The molecule has 0 radical (unpaired) electrons. The maximum absolute atomic E-state index is 13.0. The number of nitrogens with one attached hydrogen (secondary N) is 2. The third kappa shape index (κ3) is 6.45. The van der Waals surface area contributed by atoms with Crippen LogP contribution < -0.4 is 10.6 Å². The second-order valence-corrected chi connectivity index (χ2v) is 10.1. The molecular formula is C19H16F3N5O8S3. The highest BCUT2D eigenvalue weighted by Crippen LogP contribution is 2.41. The van der Waals surface area contributed by atoms with Crippen molar-refractivity contribution in [3.05, 3.63) is 34.3 Å². The van der Waals surface area contributed by atoms with Crippen LogP contribution in [0.5, 0.6) is 0 Å². The summed E-state index contributed by atoms with van der Waals surface area (Å²) in [4.78, 5) is 68.8. The fraction of sp³-hybridized carbons (Fsp3) is 0.316. The summed E-state index contributed by atoms with van der Waals surface area (Å²) in [5, 5.41) is 26.9. The van der Waals surface area contributed by atoms with E-state index >= 15 is 0 Å². The molecule has 2 atom stereocenters. The number of thiazole rings is 1. The van der Waals surface area contributed by atoms with Crippen molar-refractivity contribution in [3.8, 4) is 0 Å². The van der Waals surface area contributed by atoms with Gasteiger partial charge in [0.15, 0.2) is 10.8 Å². The van der Waals surface area contributed by atoms with Gasteiger partial charge in [0, 0.05) is 16.9 Å². The lowest BCUT2D eigenvalue weighted by Crippen LogP contribution is -2.71. The average Bonchev–Trinajstić information content (AvgIpc) is 3.30. The van der Waals surface area contributed by atoms with E-state index in [2.05, 4.69) is 26.9 Å². The molecule has 204 valence electrons. The normalized spacial score (nSPS) is 19.3. The number of nitrogens with zero attached hydrogens (tertiary/aromatic N) is 3. The van der Waals surface area contributed by atoms with Crippen LogP contribution in [-0.4, -0.2) is 91.2 Å². The van der Waals surface area contributed by atoms with Crippen LogP contribution in [0.25, 0.3) is 0 Å². The third-order valence-corrected chi connectivity index (χ3v) is 7.54. The van der Waals surface area contributed by atoms with Crippen LogP contribution >= 0.6 is 34.9 Å². The van der Waals surface area contributed by atoms with Gasteiger partial charge >= 0.3 is 24.0 Å². The predicted octanol–water partition coefficient (Wildman–Crippen LogP) is 1.06. The second-order valence-electron chi connectivity index (χ2n) is 7.19. The van der Waals surface area contributed by atoms with Crippen LogP contribution in [-0.2, 0) is 28.8 Å². The van der Waals surface area contributed by atoms with Gasteiger partial charge in [0.05, 0.1) is 0 Å². The summed E-state index contributed by atoms with van der Waals surface area (Å²) in [6.07, 6.45) is -5.20. The Balaban J connectivity index is 1.80. The molecule has 4 N–H and O–H groups in total. The molecule has 3 amide bonds. The highest BCUT2D eigenvalue weighted by molar-refractivity contribution is 8.02. The fourth-order valence-corrected chi connectivity index (χ4v) is 5.85. The summed E-state index contributed by atoms with van der Waals surface area (Å²) < 4.78 is 37.5. The fourth-order valence-electron chi connectivity index (χ4n) is 3.13. The van der Waals surface area contributed by atoms with Crippen molar-refractivity contribution in [2.75, 3.05) is 23.4 Å². The summed E-state index contributed by atoms with van der Waals surface area (Å²) in [5.41, 5.74) is -0.798. The number of carbonyl (C=O) groups is 5. The van der Waals surface area contributed by atoms with Gasteiger partial charge in [0.25, 0.3) is 11.8 Å². The number of β-lactam (4-membered cyclic amide) rings is 1. The molecule has 3 rings (SSSR count). The smallest absolute Gasteiger partial charge is 0.471 e. The molecule has 13 nitrogen and oxygen atoms in total. The molecule has 1 saturated heterocycles. The molecule has 2 aliphatic heterocycles. The monoisotopic (exact) mass is 595 g/mol. The molecular weight excluding hydrogens is 579 g/mol. The van der Waals surface area contributed by atoms with E-state index in [0.29, 0.717) is 22.7 Å². The van der Waals surface area contributed by atoms with Crippen LogP contribution in [0.3, 0.4) is 0 Å². The SMILES string of the molecule is C=CSCC1=C(C(=O)O)N2C(=O)C(NC(=O)C(=NOCC(=O)O)c3csc(NC(=O)C(F)(F)F)n3)[C@@H]2SC1. The Morgan fingerprint density at radius 2 is 2.05 bits per heavy atom. The summed E-state index contributed by atoms with van der Waals surface area (Å²) in [6, 6.07) is -1.21. The Bertz CT molecular complexity index is 1250. The van der Waals surface area contributed by atoms with E-state index in [0.717, 1.165) is 10.3 Å². The minimum absolute atomic E-state index is 0.207. The van der Waals surface area contributed by atoms with Crippen molar-refractivity contribution in [1.29, 1.82) is 0 Å². The summed E-state index contributed by atoms with van der Waals surface area (Å²) >= 11 is 2.96. The van der Waals surface area contributed by atoms with Gasteiger partial charge < -0.3 is 20.4 Å². The second kappa shape index (κ2) is 11.9. The van der Waals surface area contributed by atoms with Crippen molar-refractivity contribution in [2.24, 2.45) is 5.16 Å². The van der Waals surface area contributed by atoms with Gasteiger partial charge in [-0.1, -0.05) is 11.7 Å². The Morgan fingerprint density at radius 3 is 2.66 bits per heavy atom. The quantitative estimate of drug-likeness (QED) is 0.163. The van der Waals surface area contributed by atoms with Crippen LogP contribution in [0.1, 0.15) is 5.69 Å². The number of fused-ring (bicyclic) bond motifs is 1. The Kier molecular flexibility index (Phi) is 9.05. The Morgan fingerprint density at radius 1 is 1.34 bits per heavy atom. The number of aromatic nitrogens is 1. The molecule has 1 fully saturated rings. The van der Waals surface area contributed by atoms with Gasteiger partial charge in [-0.05, 0) is 11.0 Å². The number of carboxylic acid groups (broad SMARTS) is 2. The molecule has 2 aliphatic rings. The number of anilines is 1. The number of hydrogen-bond donors (Lipinski definition) is 4. The zero-order valence-corrected chi connectivity index (χ0v) is 21.1. The number of carboxylic acids is 2. The zero-order chi connectivity index (χ0) is 28.2. The van der Waals surface area contributed by atoms with Crippen molar-refractivity contribution in [2.45, 2.75) is 17.6 Å². The standard InChI is InChI=1S/C19H16F3N5O8S3/c1-2-36-4-7-5-37-15-11(14(31)27(15)12(7)16(32)33)24-13(30)10(26-35-3-9(28)29)8-6-38-18(23-8)25-17(34)19(20,21)22/h2,6,11,15H,1,3-5H2,(H,24,30)(H,28,29)(H,32,33)(H,23,25,34)/t11?,15-/m0/s1. The number of halogens is 3. The van der Waals surface area contributed by atoms with Crippen LogP contribution in [0.2, 0.25) is 0 Å². The van der Waals surface area contributed by atoms with Crippen LogP contribution in [0, 0.1) is 0 Å². The van der Waals surface area contributed by atoms with Gasteiger partial charge in [-0.25, -0.2) is 14.6 Å². The lowest BCUT2D eigenvalue weighted by molar-refractivity contribution is -0.167. The number of oxime groups is 1. The average molecular weight is 596 g/mol. The molecule has 3 heterocycles. The first-order chi connectivity index (χ1) is 17.8. The molecule has 0 aromatic carbocycles. The maximum Gasteiger partial charge on any atom is 0.471 e. The van der Waals surface area contributed by atoms with E-state index in [1.807, 2.05) is 0 Å². The molecule has 0 saturated carbocycles. The van der Waals surface area contributed by atoms with Gasteiger partial charge in [-0.3, -0.25) is 24.6 Å². The Hall–Kier alpha value is -3.58. The number of amides is 3. The van der Waals surface area contributed by atoms with E-state index in [1.165, 1.54) is 34.2 Å². The molecule has 0 aliphatic carbocycles. The number of thioether (sulfide) groups is 2. The van der Waals surface area contributed by atoms with Crippen molar-refractivity contribution in [1.82, 2.24) is 15.2 Å². The van der Waals surface area contributed by atoms with Crippen molar-refractivity contribution >= 4 is 75.4 Å². The number of carbonyl (C=O) groups excluding carboxylic acids is 3. The molecule has 0 spiro atoms. The summed E-state index contributed by atoms with van der Waals surface area (Å²) in [6.45, 7) is 2.57. The molecule has 1 aromatic heterocycles. The lowest BCUT2D eigenvalue weighted by atomic mass is 10.0. The van der Waals surface area contributed by atoms with E-state index in [4.69, 9.17) is 5.11 Å². The van der Waals surface area contributed by atoms with Gasteiger partial charge in [0.1, 0.15) is 22.8 Å². The number of hydrogen-bond acceptors (Lipinski definition) is 11. The molecule has 1 aromatic rings. The van der Waals surface area contributed by atoms with E-state index in [-0.39, 0.29) is 17.1 Å². The van der Waals surface area contributed by atoms with Crippen molar-refractivity contribution < 1.29 is 52.2 Å². The van der Waals surface area contributed by atoms with Crippen LogP contribution in [0.4, 0.5) is 18.3 Å². The third-order valence-electron chi connectivity index (χ3n) is 4.70. The minimum Gasteiger partial charge on any atom is -0.479 e. The Labute approximate surface area is 223 Å². The predicted molar refractivity (Wildman–Crippen MR) is 129 cm³/mol. The van der Waals surface area contributed by atoms with Gasteiger partial charge in [0.2, 0.25) is 6.61 Å². The molecule has 0 bridgehead atoms. The van der Waals surface area contributed by atoms with Crippen LogP contribution in [0.15, 0.2) is 33.8 Å².